The zero-order valence-electron chi connectivity index (χ0n) is 22.4. The van der Waals surface area contributed by atoms with Gasteiger partial charge in [0, 0.05) is 48.1 Å². The molecule has 0 saturated carbocycles. The van der Waals surface area contributed by atoms with Gasteiger partial charge in [-0.3, -0.25) is 5.84 Å². The number of rotatable bonds is 13. The highest BCUT2D eigenvalue weighted by molar-refractivity contribution is 5.68. The van der Waals surface area contributed by atoms with Crippen LogP contribution in [0, 0.1) is 0 Å². The molecule has 0 amide bonds. The Morgan fingerprint density at radius 3 is 2.35 bits per heavy atom. The topological polar surface area (TPSA) is 64.8 Å². The van der Waals surface area contributed by atoms with Crippen LogP contribution in [-0.2, 0) is 13.0 Å². The maximum Gasteiger partial charge on any atom is 0.115 e. The molecule has 0 spiro atoms. The van der Waals surface area contributed by atoms with Gasteiger partial charge in [-0.15, -0.1) is 0 Å². The third-order valence-corrected chi connectivity index (χ3v) is 5.97. The summed E-state index contributed by atoms with van der Waals surface area (Å²) < 4.78 is 0. The lowest BCUT2D eigenvalue weighted by Crippen LogP contribution is -2.31. The summed E-state index contributed by atoms with van der Waals surface area (Å²) in [6.07, 6.45) is 6.88. The Balaban J connectivity index is 1.85. The van der Waals surface area contributed by atoms with Crippen molar-refractivity contribution in [2.45, 2.75) is 46.6 Å². The lowest BCUT2D eigenvalue weighted by atomic mass is 10.0. The fourth-order valence-electron chi connectivity index (χ4n) is 4.15. The number of aliphatic hydroxyl groups is 1. The minimum absolute atomic E-state index is 0.0853. The minimum atomic E-state index is 0.0853. The Labute approximate surface area is 222 Å². The first kappa shape index (κ1) is 27.8. The highest BCUT2D eigenvalue weighted by Gasteiger charge is 2.09. The summed E-state index contributed by atoms with van der Waals surface area (Å²) in [5.74, 6) is 6.39. The average molecular weight is 497 g/mol. The molecule has 3 aromatic carbocycles. The Hall–Kier alpha value is -3.80. The Kier molecular flexibility index (Phi) is 10.1. The van der Waals surface area contributed by atoms with Gasteiger partial charge in [0.2, 0.25) is 0 Å². The second-order valence-electron chi connectivity index (χ2n) is 9.65. The number of unbranched alkanes of at least 4 members (excludes halogenated alkanes) is 1. The number of hydrazine groups is 1. The fourth-order valence-corrected chi connectivity index (χ4v) is 4.15. The van der Waals surface area contributed by atoms with E-state index in [0.717, 1.165) is 54.0 Å². The monoisotopic (exact) mass is 496 g/mol. The highest BCUT2D eigenvalue weighted by atomic mass is 16.3. The molecule has 4 N–H and O–H groups in total. The van der Waals surface area contributed by atoms with Crippen LogP contribution in [0.4, 0.5) is 17.1 Å². The van der Waals surface area contributed by atoms with Crippen molar-refractivity contribution in [1.29, 1.82) is 0 Å². The molecule has 3 aromatic rings. The number of nitrogens with two attached hydrogens (primary N) is 1. The molecule has 0 unspecified atom stereocenters. The van der Waals surface area contributed by atoms with Gasteiger partial charge >= 0.3 is 0 Å². The predicted molar refractivity (Wildman–Crippen MR) is 159 cm³/mol. The number of hydrogen-bond donors (Lipinski definition) is 3. The Morgan fingerprint density at radius 2 is 1.70 bits per heavy atom. The molecular formula is C32H40N4O. The largest absolute Gasteiger partial charge is 0.508 e. The first-order valence-electron chi connectivity index (χ1n) is 12.8. The van der Waals surface area contributed by atoms with Gasteiger partial charge in [0.05, 0.1) is 0 Å². The Morgan fingerprint density at radius 1 is 0.973 bits per heavy atom. The molecule has 194 valence electrons. The third-order valence-electron chi connectivity index (χ3n) is 5.97. The van der Waals surface area contributed by atoms with E-state index < -0.39 is 0 Å². The smallest absolute Gasteiger partial charge is 0.115 e. The van der Waals surface area contributed by atoms with Crippen molar-refractivity contribution in [3.8, 4) is 0 Å². The van der Waals surface area contributed by atoms with E-state index in [2.05, 4.69) is 87.9 Å². The van der Waals surface area contributed by atoms with Crippen molar-refractivity contribution in [2.75, 3.05) is 16.8 Å². The fraction of sp³-hybridized carbons (Fsp3) is 0.250. The third kappa shape index (κ3) is 8.67. The van der Waals surface area contributed by atoms with E-state index in [0.29, 0.717) is 6.54 Å². The number of anilines is 3. The standard InChI is InChI=1S/C32H40N4O/c1-6-8-16-36(33)23-28-19-31(21-32(20-28)35(7-2)22-24(3)4)34-30-11-9-10-27(18-30)17-26-12-14-29(15-13-26)25(5)37/h7,9-15,18-22,34,37H,2,5-6,8,16-17,23,33H2,1,3-4H3. The van der Waals surface area contributed by atoms with E-state index in [-0.39, 0.29) is 5.76 Å². The summed E-state index contributed by atoms with van der Waals surface area (Å²) in [5.41, 5.74) is 8.47. The lowest BCUT2D eigenvalue weighted by molar-refractivity contribution is 0.270. The molecule has 0 aliphatic heterocycles. The van der Waals surface area contributed by atoms with Crippen molar-refractivity contribution in [3.05, 3.63) is 120 Å². The minimum Gasteiger partial charge on any atom is -0.508 e. The first-order chi connectivity index (χ1) is 17.8. The van der Waals surface area contributed by atoms with Crippen LogP contribution in [0.1, 0.15) is 55.9 Å². The molecule has 5 heteroatoms. The molecule has 0 aromatic heterocycles. The molecule has 5 nitrogen and oxygen atoms in total. The number of allylic oxidation sites excluding steroid dienone is 1. The molecule has 0 aliphatic rings. The van der Waals surface area contributed by atoms with Gasteiger partial charge in [-0.25, -0.2) is 5.01 Å². The van der Waals surface area contributed by atoms with E-state index in [1.54, 1.807) is 0 Å². The van der Waals surface area contributed by atoms with Crippen LogP contribution in [0.5, 0.6) is 0 Å². The summed E-state index contributed by atoms with van der Waals surface area (Å²) in [6.45, 7) is 15.4. The molecule has 0 bridgehead atoms. The number of nitrogens with one attached hydrogen (secondary N) is 1. The van der Waals surface area contributed by atoms with E-state index in [1.165, 1.54) is 16.7 Å². The van der Waals surface area contributed by atoms with Crippen LogP contribution in [0.2, 0.25) is 0 Å². The van der Waals surface area contributed by atoms with E-state index in [1.807, 2.05) is 40.4 Å². The van der Waals surface area contributed by atoms with Crippen LogP contribution in [0.15, 0.2) is 97.9 Å². The molecule has 3 rings (SSSR count). The normalized spacial score (nSPS) is 10.7. The summed E-state index contributed by atoms with van der Waals surface area (Å²) in [4.78, 5) is 2.04. The highest BCUT2D eigenvalue weighted by Crippen LogP contribution is 2.28. The van der Waals surface area contributed by atoms with Gasteiger partial charge in [0.25, 0.3) is 0 Å². The Bertz CT molecular complexity index is 1230. The molecule has 0 atom stereocenters. The first-order valence-corrected chi connectivity index (χ1v) is 12.8. The second kappa shape index (κ2) is 13.5. The van der Waals surface area contributed by atoms with Crippen LogP contribution < -0.4 is 16.1 Å². The molecular weight excluding hydrogens is 456 g/mol. The van der Waals surface area contributed by atoms with Gasteiger partial charge in [0.15, 0.2) is 0 Å². The quantitative estimate of drug-likeness (QED) is 0.127. The molecule has 0 heterocycles. The van der Waals surface area contributed by atoms with Crippen molar-refractivity contribution < 1.29 is 5.11 Å². The second-order valence-corrected chi connectivity index (χ2v) is 9.65. The molecule has 0 aliphatic carbocycles. The maximum atomic E-state index is 9.58. The van der Waals surface area contributed by atoms with Crippen LogP contribution in [-0.4, -0.2) is 16.7 Å². The zero-order chi connectivity index (χ0) is 26.8. The summed E-state index contributed by atoms with van der Waals surface area (Å²) in [5, 5.41) is 15.1. The molecule has 0 saturated heterocycles. The van der Waals surface area contributed by atoms with E-state index in [9.17, 15) is 5.11 Å². The zero-order valence-corrected chi connectivity index (χ0v) is 22.4. The number of aliphatic hydroxyl groups excluding tert-OH is 1. The molecule has 37 heavy (non-hydrogen) atoms. The van der Waals surface area contributed by atoms with Crippen LogP contribution in [0.25, 0.3) is 5.76 Å². The summed E-state index contributed by atoms with van der Waals surface area (Å²) >= 11 is 0. The van der Waals surface area contributed by atoms with Crippen molar-refractivity contribution in [3.63, 3.8) is 0 Å². The van der Waals surface area contributed by atoms with Crippen molar-refractivity contribution >= 4 is 22.8 Å². The van der Waals surface area contributed by atoms with Crippen LogP contribution >= 0.6 is 0 Å². The average Bonchev–Trinajstić information content (AvgIpc) is 2.86. The summed E-state index contributed by atoms with van der Waals surface area (Å²) in [6, 6.07) is 22.7. The van der Waals surface area contributed by atoms with Gasteiger partial charge in [-0.2, -0.15) is 0 Å². The van der Waals surface area contributed by atoms with Crippen molar-refractivity contribution in [2.24, 2.45) is 5.84 Å². The van der Waals surface area contributed by atoms with Gasteiger partial charge in [-0.05, 0) is 73.7 Å². The van der Waals surface area contributed by atoms with E-state index >= 15 is 0 Å². The number of nitrogens with zero attached hydrogens (tertiary/aromatic N) is 2. The predicted octanol–water partition coefficient (Wildman–Crippen LogP) is 7.90. The lowest BCUT2D eigenvalue weighted by Gasteiger charge is -2.22. The van der Waals surface area contributed by atoms with Gasteiger partial charge in [0.1, 0.15) is 5.76 Å². The maximum absolute atomic E-state index is 9.58. The SMILES string of the molecule is C=CN(C=C(C)C)c1cc(CN(N)CCCC)cc(Nc2cccc(Cc3ccc(C(=C)O)cc3)c2)c1. The van der Waals surface area contributed by atoms with Gasteiger partial charge < -0.3 is 15.3 Å². The van der Waals surface area contributed by atoms with Gasteiger partial charge in [-0.1, -0.05) is 68.5 Å². The molecule has 0 fully saturated rings. The van der Waals surface area contributed by atoms with Crippen LogP contribution in [0.3, 0.4) is 0 Å². The number of benzene rings is 3. The number of hydrogen-bond acceptors (Lipinski definition) is 5. The van der Waals surface area contributed by atoms with Crippen molar-refractivity contribution in [1.82, 2.24) is 5.01 Å². The summed E-state index contributed by atoms with van der Waals surface area (Å²) in [7, 11) is 0. The van der Waals surface area contributed by atoms with E-state index in [4.69, 9.17) is 5.84 Å². The molecule has 0 radical (unpaired) electrons.